The maximum Gasteiger partial charge on any atom is 0.239 e. The first kappa shape index (κ1) is 13.5. The van der Waals surface area contributed by atoms with Gasteiger partial charge >= 0.3 is 0 Å². The number of nitrogens with one attached hydrogen (secondary N) is 1. The number of aliphatic hydroxyl groups excluding tert-OH is 1. The van der Waals surface area contributed by atoms with Crippen LogP contribution in [-0.2, 0) is 0 Å². The minimum Gasteiger partial charge on any atom is -0.476 e. The number of ether oxygens (including phenoxy) is 1. The third kappa shape index (κ3) is 3.54. The first-order valence-electron chi connectivity index (χ1n) is 7.52. The summed E-state index contributed by atoms with van der Waals surface area (Å²) >= 11 is 0. The molecule has 3 rings (SSSR count). The quantitative estimate of drug-likeness (QED) is 0.741. The van der Waals surface area contributed by atoms with Crippen LogP contribution in [0.1, 0.15) is 32.1 Å². The normalized spacial score (nSPS) is 25.6. The van der Waals surface area contributed by atoms with Crippen LogP contribution < -0.4 is 15.8 Å². The van der Waals surface area contributed by atoms with E-state index in [4.69, 9.17) is 10.5 Å². The van der Waals surface area contributed by atoms with Crippen molar-refractivity contribution in [3.63, 3.8) is 0 Å². The van der Waals surface area contributed by atoms with E-state index in [9.17, 15) is 5.11 Å². The summed E-state index contributed by atoms with van der Waals surface area (Å²) in [6.45, 7) is 1.56. The predicted octanol–water partition coefficient (Wildman–Crippen LogP) is 2.03. The summed E-state index contributed by atoms with van der Waals surface area (Å²) in [6, 6.07) is 3.71. The minimum absolute atomic E-state index is 0.126. The van der Waals surface area contributed by atoms with Gasteiger partial charge in [0.05, 0.1) is 18.4 Å². The van der Waals surface area contributed by atoms with Gasteiger partial charge in [-0.1, -0.05) is 0 Å². The molecule has 0 aromatic carbocycles. The number of nitrogens with zero attached hydrogens (tertiary/aromatic N) is 1. The molecule has 0 radical (unpaired) electrons. The molecule has 2 unspecified atom stereocenters. The summed E-state index contributed by atoms with van der Waals surface area (Å²) in [5.74, 6) is 2.55. The molecule has 1 aromatic rings. The van der Waals surface area contributed by atoms with Gasteiger partial charge < -0.3 is 20.9 Å². The average molecular weight is 277 g/mol. The van der Waals surface area contributed by atoms with Crippen LogP contribution in [0.5, 0.6) is 5.88 Å². The molecule has 0 bridgehead atoms. The summed E-state index contributed by atoms with van der Waals surface area (Å²) in [7, 11) is 0. The van der Waals surface area contributed by atoms with Gasteiger partial charge in [0.25, 0.3) is 0 Å². The number of aliphatic hydroxyl groups is 1. The Bertz CT molecular complexity index is 462. The highest BCUT2D eigenvalue weighted by atomic mass is 16.5. The van der Waals surface area contributed by atoms with Crippen molar-refractivity contribution in [3.05, 3.63) is 12.1 Å². The van der Waals surface area contributed by atoms with E-state index in [1.807, 2.05) is 12.1 Å². The number of pyridine rings is 1. The van der Waals surface area contributed by atoms with Crippen LogP contribution in [0, 0.1) is 11.8 Å². The Labute approximate surface area is 119 Å². The monoisotopic (exact) mass is 277 g/mol. The van der Waals surface area contributed by atoms with Gasteiger partial charge in [0.1, 0.15) is 5.82 Å². The fourth-order valence-corrected chi connectivity index (χ4v) is 2.63. The van der Waals surface area contributed by atoms with Gasteiger partial charge in [-0.3, -0.25) is 0 Å². The van der Waals surface area contributed by atoms with Crippen molar-refractivity contribution in [2.45, 2.75) is 38.2 Å². The van der Waals surface area contributed by atoms with Crippen LogP contribution >= 0.6 is 0 Å². The highest BCUT2D eigenvalue weighted by molar-refractivity contribution is 5.53. The zero-order valence-corrected chi connectivity index (χ0v) is 11.7. The van der Waals surface area contributed by atoms with Gasteiger partial charge in [-0.25, -0.2) is 0 Å². The minimum atomic E-state index is -0.126. The summed E-state index contributed by atoms with van der Waals surface area (Å²) in [5.41, 5.74) is 6.47. The van der Waals surface area contributed by atoms with Crippen molar-refractivity contribution in [2.75, 3.05) is 24.2 Å². The Hall–Kier alpha value is -1.49. The van der Waals surface area contributed by atoms with E-state index >= 15 is 0 Å². The van der Waals surface area contributed by atoms with Gasteiger partial charge in [0.15, 0.2) is 0 Å². The molecule has 4 N–H and O–H groups in total. The van der Waals surface area contributed by atoms with E-state index in [0.717, 1.165) is 38.2 Å². The van der Waals surface area contributed by atoms with Crippen molar-refractivity contribution in [1.29, 1.82) is 0 Å². The molecule has 2 saturated carbocycles. The molecule has 5 nitrogen and oxygen atoms in total. The smallest absolute Gasteiger partial charge is 0.239 e. The van der Waals surface area contributed by atoms with Crippen LogP contribution in [0.2, 0.25) is 0 Å². The Morgan fingerprint density at radius 3 is 2.75 bits per heavy atom. The van der Waals surface area contributed by atoms with Crippen LogP contribution in [-0.4, -0.2) is 29.3 Å². The molecule has 2 fully saturated rings. The number of hydrogen-bond acceptors (Lipinski definition) is 5. The highest BCUT2D eigenvalue weighted by Crippen LogP contribution is 2.31. The van der Waals surface area contributed by atoms with E-state index in [0.29, 0.717) is 23.4 Å². The molecule has 110 valence electrons. The van der Waals surface area contributed by atoms with Crippen LogP contribution in [0.4, 0.5) is 11.5 Å². The summed E-state index contributed by atoms with van der Waals surface area (Å²) in [5, 5.41) is 12.8. The fraction of sp³-hybridized carbons (Fsp3) is 0.667. The Balaban J connectivity index is 1.53. The molecule has 2 aliphatic carbocycles. The Kier molecular flexibility index (Phi) is 3.96. The van der Waals surface area contributed by atoms with Crippen LogP contribution in [0.25, 0.3) is 0 Å². The molecule has 1 aromatic heterocycles. The lowest BCUT2D eigenvalue weighted by Crippen LogP contribution is -2.14. The summed E-state index contributed by atoms with van der Waals surface area (Å²) in [4.78, 5) is 4.43. The SMILES string of the molecule is Nc1ccc(NCC2CCC(O)C2)nc1OCC1CC1. The third-order valence-corrected chi connectivity index (χ3v) is 4.13. The predicted molar refractivity (Wildman–Crippen MR) is 78.7 cm³/mol. The van der Waals surface area contributed by atoms with Crippen molar-refractivity contribution < 1.29 is 9.84 Å². The van der Waals surface area contributed by atoms with Gasteiger partial charge in [-0.2, -0.15) is 4.98 Å². The maximum absolute atomic E-state index is 9.53. The molecule has 0 aliphatic heterocycles. The third-order valence-electron chi connectivity index (χ3n) is 4.13. The fourth-order valence-electron chi connectivity index (χ4n) is 2.63. The van der Waals surface area contributed by atoms with Gasteiger partial charge in [0.2, 0.25) is 5.88 Å². The van der Waals surface area contributed by atoms with Gasteiger partial charge in [-0.05, 0) is 56.1 Å². The Morgan fingerprint density at radius 2 is 2.05 bits per heavy atom. The van der Waals surface area contributed by atoms with Gasteiger partial charge in [0, 0.05) is 6.54 Å². The maximum atomic E-state index is 9.53. The van der Waals surface area contributed by atoms with E-state index in [2.05, 4.69) is 10.3 Å². The number of rotatable bonds is 6. The number of anilines is 2. The molecule has 0 saturated heterocycles. The van der Waals surface area contributed by atoms with E-state index < -0.39 is 0 Å². The lowest BCUT2D eigenvalue weighted by Gasteiger charge is -2.13. The topological polar surface area (TPSA) is 80.4 Å². The number of nitrogen functional groups attached to an aromatic ring is 1. The molecule has 0 spiro atoms. The second-order valence-corrected chi connectivity index (χ2v) is 6.06. The molecule has 2 aliphatic rings. The molecular weight excluding hydrogens is 254 g/mol. The lowest BCUT2D eigenvalue weighted by molar-refractivity contribution is 0.178. The molecule has 2 atom stereocenters. The lowest BCUT2D eigenvalue weighted by atomic mass is 10.1. The highest BCUT2D eigenvalue weighted by Gasteiger charge is 2.23. The largest absolute Gasteiger partial charge is 0.476 e. The standard InChI is InChI=1S/C15H23N3O2/c16-13-5-6-14(17-8-11-3-4-12(19)7-11)18-15(13)20-9-10-1-2-10/h5-6,10-12,19H,1-4,7-9,16H2,(H,17,18). The zero-order valence-electron chi connectivity index (χ0n) is 11.7. The van der Waals surface area contributed by atoms with Crippen molar-refractivity contribution >= 4 is 11.5 Å². The molecule has 0 amide bonds. The van der Waals surface area contributed by atoms with E-state index in [-0.39, 0.29) is 6.10 Å². The number of nitrogens with two attached hydrogens (primary N) is 1. The van der Waals surface area contributed by atoms with Crippen molar-refractivity contribution in [1.82, 2.24) is 4.98 Å². The number of aromatic nitrogens is 1. The summed E-state index contributed by atoms with van der Waals surface area (Å²) < 4.78 is 5.67. The average Bonchev–Trinajstić information content (AvgIpc) is 3.18. The summed E-state index contributed by atoms with van der Waals surface area (Å²) in [6.07, 6.45) is 5.25. The van der Waals surface area contributed by atoms with Gasteiger partial charge in [-0.15, -0.1) is 0 Å². The van der Waals surface area contributed by atoms with Crippen molar-refractivity contribution in [2.24, 2.45) is 11.8 Å². The first-order valence-corrected chi connectivity index (χ1v) is 7.52. The second-order valence-electron chi connectivity index (χ2n) is 6.06. The van der Waals surface area contributed by atoms with Crippen LogP contribution in [0.3, 0.4) is 0 Å². The van der Waals surface area contributed by atoms with Crippen molar-refractivity contribution in [3.8, 4) is 5.88 Å². The molecule has 5 heteroatoms. The van der Waals surface area contributed by atoms with E-state index in [1.54, 1.807) is 0 Å². The van der Waals surface area contributed by atoms with Crippen LogP contribution in [0.15, 0.2) is 12.1 Å². The Morgan fingerprint density at radius 1 is 1.25 bits per heavy atom. The zero-order chi connectivity index (χ0) is 13.9. The molecule has 1 heterocycles. The van der Waals surface area contributed by atoms with E-state index in [1.165, 1.54) is 12.8 Å². The molecular formula is C15H23N3O2. The first-order chi connectivity index (χ1) is 9.70. The number of hydrogen-bond donors (Lipinski definition) is 3. The second kappa shape index (κ2) is 5.87. The molecule has 20 heavy (non-hydrogen) atoms.